The Kier molecular flexibility index (Phi) is 4.94. The van der Waals surface area contributed by atoms with Crippen molar-refractivity contribution in [2.45, 2.75) is 40.2 Å². The van der Waals surface area contributed by atoms with Crippen LogP contribution in [0, 0.1) is 18.7 Å². The Hall–Kier alpha value is -0.890. The van der Waals surface area contributed by atoms with E-state index < -0.39 is 0 Å². The standard InChI is InChI=1S/C14H22FN/c1-5-11(4)14(16-6-2)12-7-10(3)8-13(15)9-12/h7-9,11,14,16H,5-6H2,1-4H3. The van der Waals surface area contributed by atoms with Gasteiger partial charge in [0.2, 0.25) is 0 Å². The number of nitrogens with one attached hydrogen (secondary N) is 1. The minimum Gasteiger partial charge on any atom is -0.310 e. The average molecular weight is 223 g/mol. The van der Waals surface area contributed by atoms with E-state index in [1.807, 2.05) is 6.92 Å². The molecule has 1 nitrogen and oxygen atoms in total. The molecule has 0 aliphatic carbocycles. The lowest BCUT2D eigenvalue weighted by Crippen LogP contribution is -2.26. The third kappa shape index (κ3) is 3.31. The Morgan fingerprint density at radius 3 is 2.44 bits per heavy atom. The van der Waals surface area contributed by atoms with E-state index in [1.165, 1.54) is 0 Å². The van der Waals surface area contributed by atoms with Crippen LogP contribution >= 0.6 is 0 Å². The van der Waals surface area contributed by atoms with E-state index in [4.69, 9.17) is 0 Å². The summed E-state index contributed by atoms with van der Waals surface area (Å²) in [6.45, 7) is 9.30. The molecular weight excluding hydrogens is 201 g/mol. The molecule has 0 bridgehead atoms. The van der Waals surface area contributed by atoms with Crippen molar-refractivity contribution >= 4 is 0 Å². The van der Waals surface area contributed by atoms with E-state index >= 15 is 0 Å². The van der Waals surface area contributed by atoms with E-state index in [0.717, 1.165) is 24.1 Å². The summed E-state index contributed by atoms with van der Waals surface area (Å²) in [6.07, 6.45) is 1.09. The lowest BCUT2D eigenvalue weighted by molar-refractivity contribution is 0.382. The number of hydrogen-bond donors (Lipinski definition) is 1. The highest BCUT2D eigenvalue weighted by molar-refractivity contribution is 5.26. The largest absolute Gasteiger partial charge is 0.310 e. The topological polar surface area (TPSA) is 12.0 Å². The molecule has 2 unspecified atom stereocenters. The summed E-state index contributed by atoms with van der Waals surface area (Å²) in [6, 6.07) is 5.54. The van der Waals surface area contributed by atoms with Gasteiger partial charge in [0.25, 0.3) is 0 Å². The number of aryl methyl sites for hydroxylation is 1. The van der Waals surface area contributed by atoms with Crippen LogP contribution in [-0.2, 0) is 0 Å². The number of rotatable bonds is 5. The molecule has 90 valence electrons. The average Bonchev–Trinajstić information content (AvgIpc) is 2.23. The van der Waals surface area contributed by atoms with E-state index in [0.29, 0.717) is 5.92 Å². The zero-order valence-electron chi connectivity index (χ0n) is 10.7. The van der Waals surface area contributed by atoms with E-state index in [9.17, 15) is 4.39 Å². The first kappa shape index (κ1) is 13.2. The molecule has 0 saturated carbocycles. The maximum atomic E-state index is 13.4. The van der Waals surface area contributed by atoms with E-state index in [2.05, 4.69) is 32.2 Å². The van der Waals surface area contributed by atoms with Crippen molar-refractivity contribution in [2.24, 2.45) is 5.92 Å². The van der Waals surface area contributed by atoms with Crippen LogP contribution in [0.25, 0.3) is 0 Å². The quantitative estimate of drug-likeness (QED) is 0.800. The van der Waals surface area contributed by atoms with Crippen LogP contribution in [0.4, 0.5) is 4.39 Å². The van der Waals surface area contributed by atoms with Crippen LogP contribution in [0.2, 0.25) is 0 Å². The second kappa shape index (κ2) is 6.00. The van der Waals surface area contributed by atoms with Gasteiger partial charge >= 0.3 is 0 Å². The van der Waals surface area contributed by atoms with Crippen molar-refractivity contribution in [3.05, 3.63) is 35.1 Å². The van der Waals surface area contributed by atoms with Gasteiger partial charge in [-0.2, -0.15) is 0 Å². The molecule has 0 radical (unpaired) electrons. The van der Waals surface area contributed by atoms with Gasteiger partial charge in [0, 0.05) is 6.04 Å². The Labute approximate surface area is 98.1 Å². The van der Waals surface area contributed by atoms with Gasteiger partial charge in [-0.1, -0.05) is 33.3 Å². The molecule has 1 rings (SSSR count). The second-order valence-electron chi connectivity index (χ2n) is 4.48. The second-order valence-corrected chi connectivity index (χ2v) is 4.48. The number of benzene rings is 1. The molecule has 16 heavy (non-hydrogen) atoms. The SMILES string of the molecule is CCNC(c1cc(C)cc(F)c1)C(C)CC. The van der Waals surface area contributed by atoms with E-state index in [-0.39, 0.29) is 11.9 Å². The van der Waals surface area contributed by atoms with E-state index in [1.54, 1.807) is 12.1 Å². The Morgan fingerprint density at radius 2 is 1.94 bits per heavy atom. The van der Waals surface area contributed by atoms with Crippen LogP contribution in [-0.4, -0.2) is 6.54 Å². The summed E-state index contributed by atoms with van der Waals surface area (Å²) in [4.78, 5) is 0. The minimum atomic E-state index is -0.138. The third-order valence-electron chi connectivity index (χ3n) is 3.06. The maximum Gasteiger partial charge on any atom is 0.123 e. The minimum absolute atomic E-state index is 0.138. The molecule has 0 aromatic heterocycles. The zero-order valence-corrected chi connectivity index (χ0v) is 10.7. The van der Waals surface area contributed by atoms with Crippen molar-refractivity contribution in [3.63, 3.8) is 0 Å². The summed E-state index contributed by atoms with van der Waals surface area (Å²) in [5, 5.41) is 3.44. The first-order valence-corrected chi connectivity index (χ1v) is 6.09. The highest BCUT2D eigenvalue weighted by Gasteiger charge is 2.17. The Morgan fingerprint density at radius 1 is 1.25 bits per heavy atom. The lowest BCUT2D eigenvalue weighted by Gasteiger charge is -2.24. The molecule has 1 N–H and O–H groups in total. The van der Waals surface area contributed by atoms with Crippen molar-refractivity contribution < 1.29 is 4.39 Å². The summed E-state index contributed by atoms with van der Waals surface area (Å²) in [7, 11) is 0. The lowest BCUT2D eigenvalue weighted by atomic mass is 9.91. The van der Waals surface area contributed by atoms with Gasteiger partial charge in [-0.25, -0.2) is 4.39 Å². The van der Waals surface area contributed by atoms with Gasteiger partial charge < -0.3 is 5.32 Å². The van der Waals surface area contributed by atoms with Crippen LogP contribution in [0.3, 0.4) is 0 Å². The fourth-order valence-corrected chi connectivity index (χ4v) is 2.05. The van der Waals surface area contributed by atoms with Crippen molar-refractivity contribution in [1.82, 2.24) is 5.32 Å². The number of hydrogen-bond acceptors (Lipinski definition) is 1. The molecule has 2 atom stereocenters. The van der Waals surface area contributed by atoms with Gasteiger partial charge in [0.1, 0.15) is 5.82 Å². The predicted molar refractivity (Wildman–Crippen MR) is 67.0 cm³/mol. The highest BCUT2D eigenvalue weighted by atomic mass is 19.1. The Balaban J connectivity index is 3.00. The predicted octanol–water partition coefficient (Wildman–Crippen LogP) is 3.83. The Bertz CT molecular complexity index is 315. The monoisotopic (exact) mass is 223 g/mol. The van der Waals surface area contributed by atoms with Gasteiger partial charge in [0.05, 0.1) is 0 Å². The van der Waals surface area contributed by atoms with Gasteiger partial charge in [-0.05, 0) is 42.6 Å². The maximum absolute atomic E-state index is 13.4. The normalized spacial score (nSPS) is 14.8. The zero-order chi connectivity index (χ0) is 12.1. The van der Waals surface area contributed by atoms with Crippen molar-refractivity contribution in [3.8, 4) is 0 Å². The first-order valence-electron chi connectivity index (χ1n) is 6.09. The summed E-state index contributed by atoms with van der Waals surface area (Å²) < 4.78 is 13.4. The van der Waals surface area contributed by atoms with Crippen molar-refractivity contribution in [2.75, 3.05) is 6.54 Å². The van der Waals surface area contributed by atoms with Gasteiger partial charge in [0.15, 0.2) is 0 Å². The van der Waals surface area contributed by atoms with Gasteiger partial charge in [-0.3, -0.25) is 0 Å². The third-order valence-corrected chi connectivity index (χ3v) is 3.06. The molecule has 0 fully saturated rings. The fourth-order valence-electron chi connectivity index (χ4n) is 2.05. The van der Waals surface area contributed by atoms with Crippen LogP contribution in [0.15, 0.2) is 18.2 Å². The molecule has 1 aromatic carbocycles. The molecule has 0 aliphatic heterocycles. The van der Waals surface area contributed by atoms with Crippen LogP contribution in [0.1, 0.15) is 44.4 Å². The van der Waals surface area contributed by atoms with Crippen LogP contribution < -0.4 is 5.32 Å². The van der Waals surface area contributed by atoms with Gasteiger partial charge in [-0.15, -0.1) is 0 Å². The highest BCUT2D eigenvalue weighted by Crippen LogP contribution is 2.25. The van der Waals surface area contributed by atoms with Crippen molar-refractivity contribution in [1.29, 1.82) is 0 Å². The molecule has 0 amide bonds. The molecule has 0 heterocycles. The first-order chi connectivity index (χ1) is 7.58. The fraction of sp³-hybridized carbons (Fsp3) is 0.571. The number of halogens is 1. The molecule has 0 spiro atoms. The summed E-state index contributed by atoms with van der Waals surface area (Å²) in [5.41, 5.74) is 2.05. The molecule has 0 aliphatic rings. The summed E-state index contributed by atoms with van der Waals surface area (Å²) >= 11 is 0. The molecule has 0 saturated heterocycles. The summed E-state index contributed by atoms with van der Waals surface area (Å²) in [5.74, 6) is 0.377. The smallest absolute Gasteiger partial charge is 0.123 e. The molecule has 1 aromatic rings. The molecular formula is C14H22FN. The van der Waals surface area contributed by atoms with Crippen LogP contribution in [0.5, 0.6) is 0 Å². The molecule has 2 heteroatoms.